The molecule has 2 aromatic heterocycles. The number of aromatic nitrogens is 3. The van der Waals surface area contributed by atoms with Gasteiger partial charge in [-0.1, -0.05) is 30.3 Å². The quantitative estimate of drug-likeness (QED) is 0.709. The molecule has 1 aliphatic heterocycles. The number of carbonyl (C=O) groups excluding carboxylic acids is 1. The lowest BCUT2D eigenvalue weighted by molar-refractivity contribution is 0.0746. The van der Waals surface area contributed by atoms with Gasteiger partial charge in [-0.25, -0.2) is 4.98 Å². The lowest BCUT2D eigenvalue weighted by Crippen LogP contribution is -2.49. The number of amides is 1. The monoisotopic (exact) mass is 363 g/mol. The minimum Gasteiger partial charge on any atom is -0.353 e. The van der Waals surface area contributed by atoms with E-state index in [1.165, 1.54) is 0 Å². The van der Waals surface area contributed by atoms with E-state index < -0.39 is 0 Å². The molecule has 1 fully saturated rings. The summed E-state index contributed by atoms with van der Waals surface area (Å²) < 4.78 is 5.15. The van der Waals surface area contributed by atoms with Gasteiger partial charge in [-0.3, -0.25) is 4.79 Å². The van der Waals surface area contributed by atoms with Crippen LogP contribution in [0.25, 0.3) is 11.4 Å². The largest absolute Gasteiger partial charge is 0.353 e. The van der Waals surface area contributed by atoms with Crippen LogP contribution in [-0.2, 0) is 6.42 Å². The molecule has 0 bridgehead atoms. The van der Waals surface area contributed by atoms with E-state index in [-0.39, 0.29) is 5.91 Å². The van der Waals surface area contributed by atoms with Crippen molar-refractivity contribution >= 4 is 11.7 Å². The molecular weight excluding hydrogens is 342 g/mol. The molecule has 1 amide bonds. The van der Waals surface area contributed by atoms with Crippen LogP contribution in [0.5, 0.6) is 0 Å². The number of rotatable bonds is 4. The highest BCUT2D eigenvalue weighted by molar-refractivity contribution is 5.94. The van der Waals surface area contributed by atoms with Gasteiger partial charge in [0.1, 0.15) is 5.82 Å². The van der Waals surface area contributed by atoms with E-state index in [1.807, 2.05) is 54.3 Å². The van der Waals surface area contributed by atoms with Crippen LogP contribution in [0.4, 0.5) is 5.82 Å². The molecular formula is C20H21N5O2. The molecule has 0 atom stereocenters. The summed E-state index contributed by atoms with van der Waals surface area (Å²) in [5.41, 5.74) is 1.57. The number of aryl methyl sites for hydroxylation is 1. The zero-order valence-electron chi connectivity index (χ0n) is 15.2. The standard InChI is InChI=1S/C20H21N5O2/c1-2-18-22-19(23-27-18)16-8-9-17(21-14-16)24-10-12-25(13-11-24)20(26)15-6-4-3-5-7-15/h3-9,14H,2,10-13H2,1H3. The van der Waals surface area contributed by atoms with Crippen molar-refractivity contribution in [1.29, 1.82) is 0 Å². The smallest absolute Gasteiger partial charge is 0.253 e. The Morgan fingerprint density at radius 3 is 2.48 bits per heavy atom. The van der Waals surface area contributed by atoms with Gasteiger partial charge in [0, 0.05) is 49.9 Å². The molecule has 3 heterocycles. The van der Waals surface area contributed by atoms with Crippen molar-refractivity contribution in [3.63, 3.8) is 0 Å². The summed E-state index contributed by atoms with van der Waals surface area (Å²) in [5.74, 6) is 2.16. The van der Waals surface area contributed by atoms with E-state index in [4.69, 9.17) is 4.52 Å². The average molecular weight is 363 g/mol. The van der Waals surface area contributed by atoms with Crippen LogP contribution in [0.3, 0.4) is 0 Å². The third-order valence-electron chi connectivity index (χ3n) is 4.69. The van der Waals surface area contributed by atoms with Crippen molar-refractivity contribution in [3.05, 3.63) is 60.1 Å². The van der Waals surface area contributed by atoms with E-state index in [0.29, 0.717) is 31.2 Å². The number of benzene rings is 1. The van der Waals surface area contributed by atoms with Crippen LogP contribution in [0.1, 0.15) is 23.2 Å². The summed E-state index contributed by atoms with van der Waals surface area (Å²) in [5, 5.41) is 3.97. The van der Waals surface area contributed by atoms with Gasteiger partial charge >= 0.3 is 0 Å². The molecule has 0 aliphatic carbocycles. The summed E-state index contributed by atoms with van der Waals surface area (Å²) >= 11 is 0. The molecule has 1 aromatic carbocycles. The first kappa shape index (κ1) is 17.2. The zero-order valence-corrected chi connectivity index (χ0v) is 15.2. The lowest BCUT2D eigenvalue weighted by Gasteiger charge is -2.35. The maximum absolute atomic E-state index is 12.5. The molecule has 7 heteroatoms. The van der Waals surface area contributed by atoms with Gasteiger partial charge in [0.15, 0.2) is 0 Å². The van der Waals surface area contributed by atoms with Gasteiger partial charge in [-0.15, -0.1) is 0 Å². The Bertz CT molecular complexity index is 900. The number of hydrogen-bond acceptors (Lipinski definition) is 6. The summed E-state index contributed by atoms with van der Waals surface area (Å²) in [7, 11) is 0. The highest BCUT2D eigenvalue weighted by atomic mass is 16.5. The summed E-state index contributed by atoms with van der Waals surface area (Å²) in [6.45, 7) is 4.85. The van der Waals surface area contributed by atoms with Crippen LogP contribution in [0.2, 0.25) is 0 Å². The molecule has 138 valence electrons. The minimum atomic E-state index is 0.0855. The molecule has 0 saturated carbocycles. The van der Waals surface area contributed by atoms with Gasteiger partial charge in [-0.2, -0.15) is 4.98 Å². The van der Waals surface area contributed by atoms with Crippen LogP contribution in [-0.4, -0.2) is 52.1 Å². The molecule has 3 aromatic rings. The minimum absolute atomic E-state index is 0.0855. The maximum atomic E-state index is 12.5. The predicted molar refractivity (Wildman–Crippen MR) is 101 cm³/mol. The number of hydrogen-bond donors (Lipinski definition) is 0. The van der Waals surface area contributed by atoms with E-state index in [0.717, 1.165) is 30.0 Å². The molecule has 7 nitrogen and oxygen atoms in total. The van der Waals surface area contributed by atoms with Crippen LogP contribution < -0.4 is 4.90 Å². The fourth-order valence-electron chi connectivity index (χ4n) is 3.12. The Hall–Kier alpha value is -3.22. The summed E-state index contributed by atoms with van der Waals surface area (Å²) in [6, 6.07) is 13.3. The van der Waals surface area contributed by atoms with Crippen molar-refractivity contribution in [2.45, 2.75) is 13.3 Å². The predicted octanol–water partition coefficient (Wildman–Crippen LogP) is 2.66. The molecule has 0 spiro atoms. The SMILES string of the molecule is CCc1nc(-c2ccc(N3CCN(C(=O)c4ccccc4)CC3)nc2)no1. The molecule has 1 saturated heterocycles. The Kier molecular flexibility index (Phi) is 4.82. The van der Waals surface area contributed by atoms with Gasteiger partial charge in [0.2, 0.25) is 11.7 Å². The van der Waals surface area contributed by atoms with Gasteiger partial charge in [-0.05, 0) is 24.3 Å². The first-order valence-electron chi connectivity index (χ1n) is 9.13. The fourth-order valence-corrected chi connectivity index (χ4v) is 3.12. The van der Waals surface area contributed by atoms with E-state index in [1.54, 1.807) is 6.20 Å². The molecule has 0 radical (unpaired) electrons. The first-order chi connectivity index (χ1) is 13.2. The third kappa shape index (κ3) is 3.67. The summed E-state index contributed by atoms with van der Waals surface area (Å²) in [4.78, 5) is 25.5. The van der Waals surface area contributed by atoms with Crippen molar-refractivity contribution in [1.82, 2.24) is 20.0 Å². The Morgan fingerprint density at radius 1 is 1.07 bits per heavy atom. The molecule has 27 heavy (non-hydrogen) atoms. The number of nitrogens with zero attached hydrogens (tertiary/aromatic N) is 5. The number of anilines is 1. The second-order valence-corrected chi connectivity index (χ2v) is 6.42. The molecule has 4 rings (SSSR count). The normalized spacial score (nSPS) is 14.4. The van der Waals surface area contributed by atoms with Crippen molar-refractivity contribution in [2.75, 3.05) is 31.1 Å². The van der Waals surface area contributed by atoms with Crippen molar-refractivity contribution in [3.8, 4) is 11.4 Å². The third-order valence-corrected chi connectivity index (χ3v) is 4.69. The van der Waals surface area contributed by atoms with Gasteiger partial charge < -0.3 is 14.3 Å². The second kappa shape index (κ2) is 7.57. The number of piperazine rings is 1. The van der Waals surface area contributed by atoms with Gasteiger partial charge in [0.25, 0.3) is 5.91 Å². The maximum Gasteiger partial charge on any atom is 0.253 e. The zero-order chi connectivity index (χ0) is 18.6. The molecule has 0 unspecified atom stereocenters. The van der Waals surface area contributed by atoms with Crippen molar-refractivity contribution in [2.24, 2.45) is 0 Å². The highest BCUT2D eigenvalue weighted by Crippen LogP contribution is 2.20. The van der Waals surface area contributed by atoms with Crippen LogP contribution in [0, 0.1) is 0 Å². The van der Waals surface area contributed by atoms with Gasteiger partial charge in [0.05, 0.1) is 0 Å². The fraction of sp³-hybridized carbons (Fsp3) is 0.300. The topological polar surface area (TPSA) is 75.4 Å². The molecule has 0 N–H and O–H groups in total. The lowest BCUT2D eigenvalue weighted by atomic mass is 10.2. The first-order valence-corrected chi connectivity index (χ1v) is 9.13. The second-order valence-electron chi connectivity index (χ2n) is 6.42. The summed E-state index contributed by atoms with van der Waals surface area (Å²) in [6.07, 6.45) is 2.48. The highest BCUT2D eigenvalue weighted by Gasteiger charge is 2.22. The van der Waals surface area contributed by atoms with E-state index >= 15 is 0 Å². The Morgan fingerprint density at radius 2 is 1.85 bits per heavy atom. The number of pyridine rings is 1. The van der Waals surface area contributed by atoms with Crippen molar-refractivity contribution < 1.29 is 9.32 Å². The van der Waals surface area contributed by atoms with E-state index in [9.17, 15) is 4.79 Å². The molecule has 1 aliphatic rings. The number of carbonyl (C=O) groups is 1. The van der Waals surface area contributed by atoms with E-state index in [2.05, 4.69) is 20.0 Å². The average Bonchev–Trinajstić information content (AvgIpc) is 3.23. The van der Waals surface area contributed by atoms with Crippen LogP contribution in [0.15, 0.2) is 53.2 Å². The van der Waals surface area contributed by atoms with Crippen LogP contribution >= 0.6 is 0 Å². The Labute approximate surface area is 157 Å². The Balaban J connectivity index is 1.39.